The van der Waals surface area contributed by atoms with Gasteiger partial charge in [0.25, 0.3) is 10.0 Å². The minimum atomic E-state index is -4.07. The molecule has 1 aliphatic heterocycles. The van der Waals surface area contributed by atoms with Crippen LogP contribution in [-0.4, -0.2) is 36.3 Å². The van der Waals surface area contributed by atoms with Crippen molar-refractivity contribution in [1.29, 1.82) is 0 Å². The van der Waals surface area contributed by atoms with Gasteiger partial charge in [-0.05, 0) is 30.7 Å². The topological polar surface area (TPSA) is 57.9 Å². The van der Waals surface area contributed by atoms with Gasteiger partial charge in [-0.3, -0.25) is 4.40 Å². The number of benzene rings is 1. The first-order chi connectivity index (χ1) is 11.9. The second-order valence-corrected chi connectivity index (χ2v) is 9.36. The molecule has 0 unspecified atom stereocenters. The molecular weight excluding hydrogens is 403 g/mol. The SMILES string of the molecule is CN1CCc2cccc(N(Cl)S(=O)(=O)c3c(Cl)nc4sccn34)c2C1. The van der Waals surface area contributed by atoms with Crippen LogP contribution in [0.2, 0.25) is 5.15 Å². The van der Waals surface area contributed by atoms with Gasteiger partial charge < -0.3 is 4.90 Å². The third kappa shape index (κ3) is 2.72. The molecular formula is C15H14Cl2N4O2S2. The molecule has 4 rings (SSSR count). The molecule has 0 amide bonds. The largest absolute Gasteiger partial charge is 0.302 e. The van der Waals surface area contributed by atoms with Crippen molar-refractivity contribution in [3.8, 4) is 0 Å². The summed E-state index contributed by atoms with van der Waals surface area (Å²) >= 11 is 13.7. The number of fused-ring (bicyclic) bond motifs is 2. The standard InChI is InChI=1S/C15H14Cl2N4O2S2/c1-19-6-5-10-3-2-4-12(11(10)9-19)21(17)25(22,23)14-13(16)18-15-20(14)7-8-24-15/h2-4,7-8H,5-6,9H2,1H3. The van der Waals surface area contributed by atoms with Gasteiger partial charge in [0.1, 0.15) is 0 Å². The highest BCUT2D eigenvalue weighted by Crippen LogP contribution is 2.36. The fourth-order valence-corrected chi connectivity index (χ4v) is 5.91. The number of likely N-dealkylation sites (N-methyl/N-ethyl adjacent to an activating group) is 1. The molecule has 1 aromatic carbocycles. The summed E-state index contributed by atoms with van der Waals surface area (Å²) in [6.07, 6.45) is 2.47. The number of sulfonamides is 1. The number of rotatable bonds is 3. The summed E-state index contributed by atoms with van der Waals surface area (Å²) in [6, 6.07) is 5.54. The van der Waals surface area contributed by atoms with E-state index in [1.165, 1.54) is 15.7 Å². The van der Waals surface area contributed by atoms with E-state index < -0.39 is 10.0 Å². The lowest BCUT2D eigenvalue weighted by Crippen LogP contribution is -2.30. The molecule has 132 valence electrons. The van der Waals surface area contributed by atoms with Crippen LogP contribution in [0.25, 0.3) is 4.96 Å². The number of halogens is 2. The molecule has 0 fully saturated rings. The zero-order chi connectivity index (χ0) is 17.8. The quantitative estimate of drug-likeness (QED) is 0.613. The Morgan fingerprint density at radius 1 is 1.36 bits per heavy atom. The van der Waals surface area contributed by atoms with E-state index in [-0.39, 0.29) is 10.2 Å². The number of nitrogens with zero attached hydrogens (tertiary/aromatic N) is 4. The highest BCUT2D eigenvalue weighted by atomic mass is 35.5. The molecule has 25 heavy (non-hydrogen) atoms. The molecule has 2 aromatic heterocycles. The molecule has 0 saturated carbocycles. The summed E-state index contributed by atoms with van der Waals surface area (Å²) in [5.74, 6) is 0. The van der Waals surface area contributed by atoms with Crippen molar-refractivity contribution in [1.82, 2.24) is 14.3 Å². The first kappa shape index (κ1) is 17.1. The maximum atomic E-state index is 13.1. The van der Waals surface area contributed by atoms with Crippen molar-refractivity contribution in [3.05, 3.63) is 46.1 Å². The van der Waals surface area contributed by atoms with Gasteiger partial charge in [-0.25, -0.2) is 4.98 Å². The van der Waals surface area contributed by atoms with Gasteiger partial charge in [-0.15, -0.1) is 11.3 Å². The predicted molar refractivity (Wildman–Crippen MR) is 100 cm³/mol. The van der Waals surface area contributed by atoms with Crippen molar-refractivity contribution in [2.24, 2.45) is 0 Å². The summed E-state index contributed by atoms with van der Waals surface area (Å²) in [5.41, 5.74) is 2.47. The number of aromatic nitrogens is 2. The Morgan fingerprint density at radius 2 is 2.16 bits per heavy atom. The van der Waals surface area contributed by atoms with Crippen LogP contribution in [0, 0.1) is 0 Å². The molecule has 3 aromatic rings. The predicted octanol–water partition coefficient (Wildman–Crippen LogP) is 3.39. The normalized spacial score (nSPS) is 15.5. The number of thiazole rings is 1. The average Bonchev–Trinajstić information content (AvgIpc) is 3.13. The van der Waals surface area contributed by atoms with Gasteiger partial charge in [-0.2, -0.15) is 12.2 Å². The molecule has 0 radical (unpaired) electrons. The second-order valence-electron chi connectivity index (χ2n) is 5.89. The fourth-order valence-electron chi connectivity index (χ4n) is 3.04. The molecule has 0 atom stereocenters. The minimum Gasteiger partial charge on any atom is -0.302 e. The minimum absolute atomic E-state index is 0.0839. The third-order valence-corrected chi connectivity index (χ3v) is 7.62. The van der Waals surface area contributed by atoms with Gasteiger partial charge in [0.05, 0.1) is 5.69 Å². The molecule has 0 aliphatic carbocycles. The Balaban J connectivity index is 1.85. The summed E-state index contributed by atoms with van der Waals surface area (Å²) in [6.45, 7) is 1.56. The molecule has 3 heterocycles. The van der Waals surface area contributed by atoms with Crippen molar-refractivity contribution in [2.75, 3.05) is 17.4 Å². The number of hydrogen-bond donors (Lipinski definition) is 0. The van der Waals surface area contributed by atoms with E-state index >= 15 is 0 Å². The Morgan fingerprint density at radius 3 is 2.96 bits per heavy atom. The van der Waals surface area contributed by atoms with Gasteiger partial charge in [0, 0.05) is 36.4 Å². The highest BCUT2D eigenvalue weighted by Gasteiger charge is 2.33. The van der Waals surface area contributed by atoms with Gasteiger partial charge in [0.15, 0.2) is 10.1 Å². The number of imidazole rings is 1. The number of anilines is 1. The van der Waals surface area contributed by atoms with Gasteiger partial charge in [0.2, 0.25) is 5.03 Å². The van der Waals surface area contributed by atoms with Crippen molar-refractivity contribution >= 4 is 55.4 Å². The summed E-state index contributed by atoms with van der Waals surface area (Å²) in [5, 5.41) is 1.54. The van der Waals surface area contributed by atoms with E-state index in [0.717, 1.165) is 27.9 Å². The van der Waals surface area contributed by atoms with Crippen molar-refractivity contribution in [3.63, 3.8) is 0 Å². The van der Waals surface area contributed by atoms with Crippen LogP contribution >= 0.6 is 34.7 Å². The van der Waals surface area contributed by atoms with Crippen molar-refractivity contribution in [2.45, 2.75) is 18.0 Å². The van der Waals surface area contributed by atoms with E-state index in [0.29, 0.717) is 17.2 Å². The first-order valence-electron chi connectivity index (χ1n) is 7.51. The Hall–Kier alpha value is -1.32. The van der Waals surface area contributed by atoms with Crippen LogP contribution in [0.5, 0.6) is 0 Å². The van der Waals surface area contributed by atoms with Gasteiger partial charge in [-0.1, -0.05) is 23.7 Å². The lowest BCUT2D eigenvalue weighted by Gasteiger charge is -2.28. The Labute approximate surface area is 159 Å². The third-order valence-electron chi connectivity index (χ3n) is 4.26. The van der Waals surface area contributed by atoms with E-state index in [9.17, 15) is 8.42 Å². The first-order valence-corrected chi connectivity index (χ1v) is 10.5. The zero-order valence-electron chi connectivity index (χ0n) is 13.2. The molecule has 0 N–H and O–H groups in total. The second kappa shape index (κ2) is 6.14. The molecule has 0 spiro atoms. The Bertz CT molecular complexity index is 1060. The monoisotopic (exact) mass is 416 g/mol. The van der Waals surface area contributed by atoms with Crippen LogP contribution in [0.3, 0.4) is 0 Å². The van der Waals surface area contributed by atoms with E-state index in [1.54, 1.807) is 17.6 Å². The molecule has 1 aliphatic rings. The summed E-state index contributed by atoms with van der Waals surface area (Å²) in [4.78, 5) is 6.72. The van der Waals surface area contributed by atoms with Crippen LogP contribution in [0.1, 0.15) is 11.1 Å². The van der Waals surface area contributed by atoms with Gasteiger partial charge >= 0.3 is 0 Å². The van der Waals surface area contributed by atoms with E-state index in [2.05, 4.69) is 9.88 Å². The molecule has 0 bridgehead atoms. The molecule has 10 heteroatoms. The fraction of sp³-hybridized carbons (Fsp3) is 0.267. The van der Waals surface area contributed by atoms with Crippen LogP contribution in [0.15, 0.2) is 34.8 Å². The van der Waals surface area contributed by atoms with Crippen LogP contribution in [-0.2, 0) is 23.0 Å². The van der Waals surface area contributed by atoms with E-state index in [1.807, 2.05) is 19.2 Å². The zero-order valence-corrected chi connectivity index (χ0v) is 16.3. The van der Waals surface area contributed by atoms with Crippen LogP contribution < -0.4 is 3.82 Å². The lowest BCUT2D eigenvalue weighted by atomic mass is 9.99. The van der Waals surface area contributed by atoms with Crippen molar-refractivity contribution < 1.29 is 8.42 Å². The average molecular weight is 417 g/mol. The number of hydrogen-bond acceptors (Lipinski definition) is 5. The maximum absolute atomic E-state index is 13.1. The van der Waals surface area contributed by atoms with E-state index in [4.69, 9.17) is 23.4 Å². The smallest absolute Gasteiger partial charge is 0.297 e. The highest BCUT2D eigenvalue weighted by molar-refractivity contribution is 7.94. The lowest BCUT2D eigenvalue weighted by molar-refractivity contribution is 0.313. The molecule has 6 nitrogen and oxygen atoms in total. The summed E-state index contributed by atoms with van der Waals surface area (Å²) in [7, 11) is -2.08. The van der Waals surface area contributed by atoms with Crippen LogP contribution in [0.4, 0.5) is 5.69 Å². The maximum Gasteiger partial charge on any atom is 0.297 e. The molecule has 0 saturated heterocycles. The summed E-state index contributed by atoms with van der Waals surface area (Å²) < 4.78 is 28.5. The Kier molecular flexibility index (Phi) is 4.20.